The molecule has 3 aromatic carbocycles. The Bertz CT molecular complexity index is 1260. The molecule has 11 heteroatoms. The number of halogens is 3. The zero-order chi connectivity index (χ0) is 27.1. The number of hydrogen-bond donors (Lipinski definition) is 0. The van der Waals surface area contributed by atoms with Crippen LogP contribution in [0.15, 0.2) is 99.6 Å². The molecule has 200 valence electrons. The van der Waals surface area contributed by atoms with Gasteiger partial charge >= 0.3 is 21.3 Å². The Kier molecular flexibility index (Phi) is 9.71. The van der Waals surface area contributed by atoms with E-state index < -0.39 is 38.3 Å². The summed E-state index contributed by atoms with van der Waals surface area (Å²) in [5, 5.41) is -4.96. The number of aryl methyl sites for hydroxylation is 1. The number of alkyl halides is 3. The van der Waals surface area contributed by atoms with Gasteiger partial charge in [0.25, 0.3) is 0 Å². The standard InChI is InChI=1S/C26H28ClF2NO5S2/c1-21-11-9-10-16-24(21)36(22-12-5-3-6-13-22,23-14-7-4-8-15-23)35-37(32,33)26(28,29)25(31)34-20-19-30(2)18-17-27/h3-16H,17-20H2,1-2H3. The van der Waals surface area contributed by atoms with Gasteiger partial charge in [0, 0.05) is 33.7 Å². The van der Waals surface area contributed by atoms with Gasteiger partial charge < -0.3 is 9.64 Å². The number of benzene rings is 3. The molecule has 0 aliphatic rings. The number of ether oxygens (including phenoxy) is 1. The van der Waals surface area contributed by atoms with E-state index in [1.165, 1.54) is 0 Å². The van der Waals surface area contributed by atoms with E-state index in [9.17, 15) is 13.2 Å². The van der Waals surface area contributed by atoms with Crippen LogP contribution in [-0.4, -0.2) is 57.2 Å². The lowest BCUT2D eigenvalue weighted by Gasteiger charge is -2.40. The van der Waals surface area contributed by atoms with E-state index in [0.29, 0.717) is 32.7 Å². The Labute approximate surface area is 222 Å². The van der Waals surface area contributed by atoms with Crippen molar-refractivity contribution in [3.63, 3.8) is 0 Å². The highest BCUT2D eigenvalue weighted by Crippen LogP contribution is 2.71. The average Bonchev–Trinajstić information content (AvgIpc) is 2.88. The molecule has 3 rings (SSSR count). The molecule has 0 bridgehead atoms. The average molecular weight is 572 g/mol. The van der Waals surface area contributed by atoms with Crippen molar-refractivity contribution in [2.24, 2.45) is 0 Å². The molecule has 37 heavy (non-hydrogen) atoms. The van der Waals surface area contributed by atoms with Crippen LogP contribution >= 0.6 is 21.9 Å². The minimum Gasteiger partial charge on any atom is -0.459 e. The second-order valence-electron chi connectivity index (χ2n) is 8.11. The molecule has 0 aromatic heterocycles. The Morgan fingerprint density at radius 2 is 1.41 bits per heavy atom. The van der Waals surface area contributed by atoms with Crippen molar-refractivity contribution < 1.29 is 30.4 Å². The Morgan fingerprint density at radius 1 is 0.892 bits per heavy atom. The molecule has 6 nitrogen and oxygen atoms in total. The van der Waals surface area contributed by atoms with Gasteiger partial charge in [-0.1, -0.05) is 54.6 Å². The zero-order valence-electron chi connectivity index (χ0n) is 20.4. The lowest BCUT2D eigenvalue weighted by atomic mass is 10.2. The van der Waals surface area contributed by atoms with Crippen LogP contribution in [-0.2, 0) is 23.3 Å². The van der Waals surface area contributed by atoms with Crippen LogP contribution in [0.4, 0.5) is 8.78 Å². The maximum atomic E-state index is 15.2. The molecule has 0 atom stereocenters. The third-order valence-electron chi connectivity index (χ3n) is 5.47. The largest absolute Gasteiger partial charge is 0.466 e. The molecular weight excluding hydrogens is 544 g/mol. The summed E-state index contributed by atoms with van der Waals surface area (Å²) in [5.41, 5.74) is 0.633. The molecule has 0 amide bonds. The maximum Gasteiger partial charge on any atom is 0.466 e. The molecule has 0 unspecified atom stereocenters. The zero-order valence-corrected chi connectivity index (χ0v) is 22.7. The van der Waals surface area contributed by atoms with Crippen molar-refractivity contribution in [2.75, 3.05) is 32.6 Å². The molecular formula is C26H28ClF2NO5S2. The number of esters is 1. The van der Waals surface area contributed by atoms with Gasteiger partial charge in [0.2, 0.25) is 0 Å². The monoisotopic (exact) mass is 571 g/mol. The van der Waals surface area contributed by atoms with Gasteiger partial charge in [0.05, 0.1) is 0 Å². The van der Waals surface area contributed by atoms with Gasteiger partial charge in [-0.3, -0.25) is 0 Å². The molecule has 0 saturated heterocycles. The molecule has 3 aromatic rings. The summed E-state index contributed by atoms with van der Waals surface area (Å²) in [6.07, 6.45) is 0. The predicted octanol–water partition coefficient (Wildman–Crippen LogP) is 5.84. The van der Waals surface area contributed by atoms with Crippen LogP contribution in [0.3, 0.4) is 0 Å². The van der Waals surface area contributed by atoms with Gasteiger partial charge in [0.1, 0.15) is 6.61 Å². The first-order valence-corrected chi connectivity index (χ1v) is 14.8. The number of carbonyl (C=O) groups is 1. The quantitative estimate of drug-likeness (QED) is 0.201. The third-order valence-corrected chi connectivity index (χ3v) is 10.9. The minimum absolute atomic E-state index is 0.0991. The first kappa shape index (κ1) is 29.1. The first-order valence-electron chi connectivity index (χ1n) is 11.3. The molecule has 0 saturated carbocycles. The van der Waals surface area contributed by atoms with Gasteiger partial charge in [-0.25, -0.2) is 8.42 Å². The molecule has 0 radical (unpaired) electrons. The fraction of sp³-hybridized carbons (Fsp3) is 0.269. The lowest BCUT2D eigenvalue weighted by Crippen LogP contribution is -2.41. The topological polar surface area (TPSA) is 72.9 Å². The van der Waals surface area contributed by atoms with Crippen LogP contribution < -0.4 is 0 Å². The van der Waals surface area contributed by atoms with E-state index >= 15 is 8.78 Å². The lowest BCUT2D eigenvalue weighted by molar-refractivity contribution is -0.161. The van der Waals surface area contributed by atoms with E-state index in [-0.39, 0.29) is 6.54 Å². The van der Waals surface area contributed by atoms with Gasteiger partial charge in [-0.05, 0) is 60.2 Å². The highest BCUT2D eigenvalue weighted by atomic mass is 35.5. The second-order valence-corrected chi connectivity index (χ2v) is 13.0. The summed E-state index contributed by atoms with van der Waals surface area (Å²) < 4.78 is 67.2. The van der Waals surface area contributed by atoms with Crippen molar-refractivity contribution in [3.8, 4) is 0 Å². The summed E-state index contributed by atoms with van der Waals surface area (Å²) >= 11 is 5.63. The molecule has 0 N–H and O–H groups in total. The second kappa shape index (κ2) is 12.4. The number of likely N-dealkylation sites (N-methyl/N-ethyl adjacent to an activating group) is 1. The van der Waals surface area contributed by atoms with E-state index in [1.54, 1.807) is 104 Å². The van der Waals surface area contributed by atoms with Crippen molar-refractivity contribution in [2.45, 2.75) is 26.9 Å². The van der Waals surface area contributed by atoms with Gasteiger partial charge in [0.15, 0.2) is 0 Å². The molecule has 0 fully saturated rings. The Balaban J connectivity index is 2.10. The third kappa shape index (κ3) is 6.32. The van der Waals surface area contributed by atoms with Crippen LogP contribution in [0.2, 0.25) is 0 Å². The van der Waals surface area contributed by atoms with Crippen molar-refractivity contribution >= 4 is 38.0 Å². The van der Waals surface area contributed by atoms with Crippen LogP contribution in [0, 0.1) is 6.92 Å². The molecule has 0 aliphatic carbocycles. The number of carbonyl (C=O) groups excluding carboxylic acids is 1. The highest BCUT2D eigenvalue weighted by Gasteiger charge is 2.59. The Morgan fingerprint density at radius 3 is 1.92 bits per heavy atom. The van der Waals surface area contributed by atoms with Crippen molar-refractivity contribution in [1.82, 2.24) is 4.90 Å². The van der Waals surface area contributed by atoms with Gasteiger partial charge in [-0.2, -0.15) is 17.2 Å². The molecule has 0 spiro atoms. The van der Waals surface area contributed by atoms with Crippen LogP contribution in [0.25, 0.3) is 0 Å². The fourth-order valence-corrected chi connectivity index (χ4v) is 9.06. The smallest absolute Gasteiger partial charge is 0.459 e. The number of nitrogens with zero attached hydrogens (tertiary/aromatic N) is 1. The first-order chi connectivity index (χ1) is 17.6. The molecule has 0 aliphatic heterocycles. The van der Waals surface area contributed by atoms with E-state index in [1.807, 2.05) is 0 Å². The summed E-state index contributed by atoms with van der Waals surface area (Å²) in [4.78, 5) is 15.1. The number of rotatable bonds is 12. The molecule has 0 heterocycles. The highest BCUT2D eigenvalue weighted by molar-refractivity contribution is 8.33. The van der Waals surface area contributed by atoms with Crippen LogP contribution in [0.5, 0.6) is 0 Å². The van der Waals surface area contributed by atoms with Gasteiger partial charge in [-0.15, -0.1) is 11.6 Å². The van der Waals surface area contributed by atoms with Crippen molar-refractivity contribution in [1.29, 1.82) is 0 Å². The normalized spacial score (nSPS) is 12.9. The Hall–Kier alpha value is -2.50. The summed E-state index contributed by atoms with van der Waals surface area (Å²) in [5.74, 6) is -1.91. The predicted molar refractivity (Wildman–Crippen MR) is 141 cm³/mol. The summed E-state index contributed by atoms with van der Waals surface area (Å²) in [6, 6.07) is 23.4. The van der Waals surface area contributed by atoms with Crippen molar-refractivity contribution in [3.05, 3.63) is 90.5 Å². The summed E-state index contributed by atoms with van der Waals surface area (Å²) in [7, 11) is -7.46. The van der Waals surface area contributed by atoms with Crippen LogP contribution in [0.1, 0.15) is 5.56 Å². The van der Waals surface area contributed by atoms with E-state index in [0.717, 1.165) is 0 Å². The maximum absolute atomic E-state index is 15.2. The SMILES string of the molecule is Cc1ccccc1S(OS(=O)(=O)C(F)(F)C(=O)OCCN(C)CCCl)(c1ccccc1)c1ccccc1. The number of hydrogen-bond acceptors (Lipinski definition) is 6. The fourth-order valence-electron chi connectivity index (χ4n) is 3.52. The van der Waals surface area contributed by atoms with E-state index in [2.05, 4.69) is 4.74 Å². The minimum atomic E-state index is -5.84. The van der Waals surface area contributed by atoms with E-state index in [4.69, 9.17) is 15.2 Å². The summed E-state index contributed by atoms with van der Waals surface area (Å²) in [6.45, 7) is 1.84.